The monoisotopic (exact) mass is 186 g/mol. The van der Waals surface area contributed by atoms with Gasteiger partial charge >= 0.3 is 5.97 Å². The number of rotatable bonds is 6. The lowest BCUT2D eigenvalue weighted by Crippen LogP contribution is -2.05. The van der Waals surface area contributed by atoms with Crippen LogP contribution in [0.5, 0.6) is 0 Å². The number of aliphatic hydroxyl groups is 1. The Morgan fingerprint density at radius 1 is 1.54 bits per heavy atom. The van der Waals surface area contributed by atoms with E-state index in [9.17, 15) is 9.90 Å². The van der Waals surface area contributed by atoms with Gasteiger partial charge in [-0.05, 0) is 19.8 Å². The molecule has 0 bridgehead atoms. The normalized spacial score (nSPS) is 14.2. The molecule has 0 aromatic carbocycles. The summed E-state index contributed by atoms with van der Waals surface area (Å²) in [5.74, 6) is -0.914. The standard InChI is InChI=1S/C10H18O3/c1-3-4-5-9(11)7-6-8(2)10(12)13/h6,9,11H,3-5,7H2,1-2H3,(H,12,13)/b8-6+. The van der Waals surface area contributed by atoms with Crippen LogP contribution < -0.4 is 0 Å². The van der Waals surface area contributed by atoms with Gasteiger partial charge in [-0.2, -0.15) is 0 Å². The van der Waals surface area contributed by atoms with E-state index in [1.54, 1.807) is 6.08 Å². The Labute approximate surface area is 79.1 Å². The Morgan fingerprint density at radius 3 is 2.62 bits per heavy atom. The van der Waals surface area contributed by atoms with Crippen LogP contribution in [0.25, 0.3) is 0 Å². The number of hydrogen-bond acceptors (Lipinski definition) is 2. The van der Waals surface area contributed by atoms with Crippen LogP contribution in [0.1, 0.15) is 39.5 Å². The number of aliphatic hydroxyl groups excluding tert-OH is 1. The summed E-state index contributed by atoms with van der Waals surface area (Å²) in [5.41, 5.74) is 0.301. The van der Waals surface area contributed by atoms with Gasteiger partial charge in [-0.3, -0.25) is 0 Å². The van der Waals surface area contributed by atoms with Crippen molar-refractivity contribution in [1.82, 2.24) is 0 Å². The molecule has 0 aliphatic heterocycles. The van der Waals surface area contributed by atoms with Crippen molar-refractivity contribution in [3.63, 3.8) is 0 Å². The van der Waals surface area contributed by atoms with E-state index in [0.29, 0.717) is 12.0 Å². The van der Waals surface area contributed by atoms with Gasteiger partial charge in [0.25, 0.3) is 0 Å². The molecule has 0 saturated heterocycles. The largest absolute Gasteiger partial charge is 0.478 e. The Balaban J connectivity index is 3.73. The SMILES string of the molecule is CCCCC(O)C/C=C(\C)C(=O)O. The van der Waals surface area contributed by atoms with Crippen molar-refractivity contribution >= 4 is 5.97 Å². The van der Waals surface area contributed by atoms with Crippen molar-refractivity contribution in [3.8, 4) is 0 Å². The van der Waals surface area contributed by atoms with Crippen molar-refractivity contribution < 1.29 is 15.0 Å². The third-order valence-electron chi connectivity index (χ3n) is 1.92. The number of carboxylic acids is 1. The second kappa shape index (κ2) is 6.66. The van der Waals surface area contributed by atoms with E-state index in [0.717, 1.165) is 19.3 Å². The smallest absolute Gasteiger partial charge is 0.330 e. The molecular formula is C10H18O3. The second-order valence-electron chi connectivity index (χ2n) is 3.22. The second-order valence-corrected chi connectivity index (χ2v) is 3.22. The fraction of sp³-hybridized carbons (Fsp3) is 0.700. The van der Waals surface area contributed by atoms with E-state index in [1.807, 2.05) is 0 Å². The van der Waals surface area contributed by atoms with Crippen LogP contribution in [-0.2, 0) is 4.79 Å². The number of unbranched alkanes of at least 4 members (excludes halogenated alkanes) is 1. The van der Waals surface area contributed by atoms with Gasteiger partial charge in [0.05, 0.1) is 6.10 Å². The van der Waals surface area contributed by atoms with Gasteiger partial charge in [-0.25, -0.2) is 4.79 Å². The molecule has 13 heavy (non-hydrogen) atoms. The molecule has 0 amide bonds. The molecule has 3 nitrogen and oxygen atoms in total. The molecule has 0 aliphatic rings. The summed E-state index contributed by atoms with van der Waals surface area (Å²) in [5, 5.41) is 17.9. The summed E-state index contributed by atoms with van der Waals surface area (Å²) < 4.78 is 0. The fourth-order valence-electron chi connectivity index (χ4n) is 0.958. The summed E-state index contributed by atoms with van der Waals surface area (Å²) in [7, 11) is 0. The van der Waals surface area contributed by atoms with E-state index in [4.69, 9.17) is 5.11 Å². The number of carbonyl (C=O) groups is 1. The molecule has 76 valence electrons. The van der Waals surface area contributed by atoms with Gasteiger partial charge in [0, 0.05) is 5.57 Å². The van der Waals surface area contributed by atoms with Crippen molar-refractivity contribution in [2.24, 2.45) is 0 Å². The van der Waals surface area contributed by atoms with Crippen molar-refractivity contribution in [3.05, 3.63) is 11.6 Å². The summed E-state index contributed by atoms with van der Waals surface area (Å²) >= 11 is 0. The molecular weight excluding hydrogens is 168 g/mol. The minimum Gasteiger partial charge on any atom is -0.478 e. The number of aliphatic carboxylic acids is 1. The molecule has 0 fully saturated rings. The molecule has 0 aliphatic carbocycles. The number of carboxylic acid groups (broad SMARTS) is 1. The van der Waals surface area contributed by atoms with Gasteiger partial charge in [0.2, 0.25) is 0 Å². The average Bonchev–Trinajstić information content (AvgIpc) is 2.10. The maximum absolute atomic E-state index is 10.4. The summed E-state index contributed by atoms with van der Waals surface area (Å²) in [6.07, 6.45) is 4.41. The molecule has 0 spiro atoms. The Bertz CT molecular complexity index is 185. The predicted octanol–water partition coefficient (Wildman–Crippen LogP) is 1.96. The van der Waals surface area contributed by atoms with E-state index in [2.05, 4.69) is 6.92 Å². The van der Waals surface area contributed by atoms with Crippen LogP contribution in [-0.4, -0.2) is 22.3 Å². The Morgan fingerprint density at radius 2 is 2.15 bits per heavy atom. The summed E-state index contributed by atoms with van der Waals surface area (Å²) in [6.45, 7) is 3.60. The summed E-state index contributed by atoms with van der Waals surface area (Å²) in [6, 6.07) is 0. The zero-order chi connectivity index (χ0) is 10.3. The lowest BCUT2D eigenvalue weighted by Gasteiger charge is -2.06. The quantitative estimate of drug-likeness (QED) is 0.623. The highest BCUT2D eigenvalue weighted by Gasteiger charge is 2.03. The highest BCUT2D eigenvalue weighted by Crippen LogP contribution is 2.06. The van der Waals surface area contributed by atoms with Crippen LogP contribution in [0.15, 0.2) is 11.6 Å². The molecule has 0 radical (unpaired) electrons. The maximum Gasteiger partial charge on any atom is 0.330 e. The van der Waals surface area contributed by atoms with Crippen LogP contribution in [0.4, 0.5) is 0 Å². The molecule has 1 unspecified atom stereocenters. The first kappa shape index (κ1) is 12.2. The maximum atomic E-state index is 10.4. The van der Waals surface area contributed by atoms with Crippen LogP contribution in [0.2, 0.25) is 0 Å². The molecule has 0 saturated carbocycles. The highest BCUT2D eigenvalue weighted by atomic mass is 16.4. The van der Waals surface area contributed by atoms with Gasteiger partial charge < -0.3 is 10.2 Å². The minimum atomic E-state index is -0.914. The number of hydrogen-bond donors (Lipinski definition) is 2. The molecule has 0 heterocycles. The van der Waals surface area contributed by atoms with E-state index < -0.39 is 12.1 Å². The van der Waals surface area contributed by atoms with Crippen LogP contribution in [0.3, 0.4) is 0 Å². The molecule has 1 atom stereocenters. The first-order chi connectivity index (χ1) is 6.07. The Kier molecular flexibility index (Phi) is 6.24. The van der Waals surface area contributed by atoms with Crippen molar-refractivity contribution in [2.45, 2.75) is 45.6 Å². The van der Waals surface area contributed by atoms with Gasteiger partial charge in [-0.15, -0.1) is 0 Å². The molecule has 0 rings (SSSR count). The molecule has 0 aromatic rings. The van der Waals surface area contributed by atoms with Crippen molar-refractivity contribution in [2.75, 3.05) is 0 Å². The summed E-state index contributed by atoms with van der Waals surface area (Å²) in [4.78, 5) is 10.4. The molecule has 0 aromatic heterocycles. The van der Waals surface area contributed by atoms with Gasteiger partial charge in [0.1, 0.15) is 0 Å². The van der Waals surface area contributed by atoms with E-state index >= 15 is 0 Å². The minimum absolute atomic E-state index is 0.301. The molecule has 2 N–H and O–H groups in total. The zero-order valence-corrected chi connectivity index (χ0v) is 8.29. The predicted molar refractivity (Wildman–Crippen MR) is 51.5 cm³/mol. The van der Waals surface area contributed by atoms with Crippen LogP contribution in [0, 0.1) is 0 Å². The van der Waals surface area contributed by atoms with Crippen molar-refractivity contribution in [1.29, 1.82) is 0 Å². The zero-order valence-electron chi connectivity index (χ0n) is 8.29. The van der Waals surface area contributed by atoms with Gasteiger partial charge in [-0.1, -0.05) is 25.8 Å². The topological polar surface area (TPSA) is 57.5 Å². The lowest BCUT2D eigenvalue weighted by molar-refractivity contribution is -0.132. The van der Waals surface area contributed by atoms with E-state index in [1.165, 1.54) is 6.92 Å². The lowest BCUT2D eigenvalue weighted by atomic mass is 10.1. The van der Waals surface area contributed by atoms with Gasteiger partial charge in [0.15, 0.2) is 0 Å². The third-order valence-corrected chi connectivity index (χ3v) is 1.92. The average molecular weight is 186 g/mol. The fourth-order valence-corrected chi connectivity index (χ4v) is 0.958. The highest BCUT2D eigenvalue weighted by molar-refractivity contribution is 5.85. The van der Waals surface area contributed by atoms with E-state index in [-0.39, 0.29) is 0 Å². The first-order valence-electron chi connectivity index (χ1n) is 4.66. The first-order valence-corrected chi connectivity index (χ1v) is 4.66. The third kappa shape index (κ3) is 6.34. The van der Waals surface area contributed by atoms with Crippen LogP contribution >= 0.6 is 0 Å². The Hall–Kier alpha value is -0.830. The molecule has 3 heteroatoms.